The quantitative estimate of drug-likeness (QED) is 0.612. The number of pyridine rings is 1. The molecule has 0 N–H and O–H groups in total. The normalized spacial score (nSPS) is 20.8. The van der Waals surface area contributed by atoms with Crippen molar-refractivity contribution >= 4 is 41.8 Å². The van der Waals surface area contributed by atoms with Gasteiger partial charge in [-0.2, -0.15) is 8.42 Å². The van der Waals surface area contributed by atoms with Crippen LogP contribution in [0.25, 0.3) is 0 Å². The number of halogens is 2. The lowest BCUT2D eigenvalue weighted by atomic mass is 9.99. The summed E-state index contributed by atoms with van der Waals surface area (Å²) in [7, 11) is 1.15. The van der Waals surface area contributed by atoms with E-state index in [2.05, 4.69) is 20.9 Å². The molecule has 8 heteroatoms. The van der Waals surface area contributed by atoms with Crippen molar-refractivity contribution in [2.24, 2.45) is 0 Å². The highest BCUT2D eigenvalue weighted by Gasteiger charge is 2.44. The molecule has 0 bridgehead atoms. The first-order chi connectivity index (χ1) is 7.39. The lowest BCUT2D eigenvalue weighted by molar-refractivity contribution is -0.137. The monoisotopic (exact) mass is 324 g/mol. The van der Waals surface area contributed by atoms with Gasteiger partial charge in [-0.1, -0.05) is 0 Å². The highest BCUT2D eigenvalue weighted by atomic mass is 79.9. The van der Waals surface area contributed by atoms with Crippen LogP contribution < -0.4 is 0 Å². The highest BCUT2D eigenvalue weighted by molar-refractivity contribution is 9.10. The van der Waals surface area contributed by atoms with Gasteiger partial charge in [0.05, 0.1) is 12.5 Å². The molecule has 1 saturated heterocycles. The van der Waals surface area contributed by atoms with Gasteiger partial charge in [0.1, 0.15) is 0 Å². The van der Waals surface area contributed by atoms with E-state index in [1.165, 1.54) is 6.20 Å². The van der Waals surface area contributed by atoms with Gasteiger partial charge in [0, 0.05) is 27.5 Å². The third-order valence-corrected chi connectivity index (χ3v) is 4.05. The van der Waals surface area contributed by atoms with Crippen molar-refractivity contribution in [3.63, 3.8) is 0 Å². The minimum atomic E-state index is -4.01. The molecule has 0 radical (unpaired) electrons. The Morgan fingerprint density at radius 1 is 1.50 bits per heavy atom. The van der Waals surface area contributed by atoms with E-state index in [9.17, 15) is 13.2 Å². The SMILES string of the molecule is O=C1CC(c2cncc(Br)c2)N1S(=O)(=O)Cl. The van der Waals surface area contributed by atoms with Crippen LogP contribution in [0.2, 0.25) is 0 Å². The Balaban J connectivity index is 2.34. The fourth-order valence-electron chi connectivity index (χ4n) is 1.54. The van der Waals surface area contributed by atoms with Crippen LogP contribution in [0.3, 0.4) is 0 Å². The van der Waals surface area contributed by atoms with Crippen LogP contribution in [0.5, 0.6) is 0 Å². The zero-order valence-electron chi connectivity index (χ0n) is 7.80. The molecule has 0 spiro atoms. The van der Waals surface area contributed by atoms with Crippen molar-refractivity contribution in [3.8, 4) is 0 Å². The first-order valence-corrected chi connectivity index (χ1v) is 7.33. The molecule has 16 heavy (non-hydrogen) atoms. The average Bonchev–Trinajstić information content (AvgIpc) is 2.11. The lowest BCUT2D eigenvalue weighted by Gasteiger charge is -2.37. The smallest absolute Gasteiger partial charge is 0.274 e. The number of hydrogen-bond acceptors (Lipinski definition) is 4. The van der Waals surface area contributed by atoms with Crippen molar-refractivity contribution in [2.75, 3.05) is 0 Å². The number of β-lactam (4-membered cyclic amide) rings is 1. The molecule has 1 atom stereocenters. The number of hydrogen-bond donors (Lipinski definition) is 0. The summed E-state index contributed by atoms with van der Waals surface area (Å²) in [4.78, 5) is 15.1. The summed E-state index contributed by atoms with van der Waals surface area (Å²) in [6.07, 6.45) is 3.21. The summed E-state index contributed by atoms with van der Waals surface area (Å²) >= 11 is 3.22. The fraction of sp³-hybridized carbons (Fsp3) is 0.250. The van der Waals surface area contributed by atoms with Crippen molar-refractivity contribution in [1.82, 2.24) is 9.29 Å². The lowest BCUT2D eigenvalue weighted by Crippen LogP contribution is -2.47. The van der Waals surface area contributed by atoms with Crippen LogP contribution >= 0.6 is 26.6 Å². The molecule has 1 aliphatic heterocycles. The van der Waals surface area contributed by atoms with Gasteiger partial charge in [-0.25, -0.2) is 4.31 Å². The van der Waals surface area contributed by atoms with Gasteiger partial charge < -0.3 is 0 Å². The van der Waals surface area contributed by atoms with Crippen molar-refractivity contribution in [3.05, 3.63) is 28.5 Å². The maximum Gasteiger partial charge on any atom is 0.324 e. The van der Waals surface area contributed by atoms with Gasteiger partial charge >= 0.3 is 9.24 Å². The molecule has 86 valence electrons. The Kier molecular flexibility index (Phi) is 2.93. The second-order valence-corrected chi connectivity index (χ2v) is 6.59. The summed E-state index contributed by atoms with van der Waals surface area (Å²) in [5.74, 6) is -0.500. The second-order valence-electron chi connectivity index (χ2n) is 3.29. The van der Waals surface area contributed by atoms with Crippen LogP contribution in [0.1, 0.15) is 18.0 Å². The zero-order chi connectivity index (χ0) is 11.9. The first kappa shape index (κ1) is 11.8. The Bertz CT molecular complexity index is 548. The van der Waals surface area contributed by atoms with E-state index in [1.54, 1.807) is 12.3 Å². The van der Waals surface area contributed by atoms with Crippen LogP contribution in [-0.2, 0) is 14.0 Å². The molecule has 1 aliphatic rings. The minimum absolute atomic E-state index is 0.129. The molecule has 2 heterocycles. The number of carbonyl (C=O) groups excluding carboxylic acids is 1. The van der Waals surface area contributed by atoms with Gasteiger partial charge in [-0.15, -0.1) is 0 Å². The van der Waals surface area contributed by atoms with E-state index < -0.39 is 21.2 Å². The molecule has 1 fully saturated rings. The molecule has 1 aromatic heterocycles. The summed E-state index contributed by atoms with van der Waals surface area (Å²) in [6, 6.07) is 1.17. The predicted octanol–water partition coefficient (Wildman–Crippen LogP) is 1.60. The van der Waals surface area contributed by atoms with Crippen LogP contribution in [0.15, 0.2) is 22.9 Å². The van der Waals surface area contributed by atoms with Gasteiger partial charge in [0.2, 0.25) is 5.91 Å². The molecule has 2 rings (SSSR count). The molecule has 0 aliphatic carbocycles. The molecule has 1 amide bonds. The van der Waals surface area contributed by atoms with E-state index in [4.69, 9.17) is 10.7 Å². The molecule has 1 unspecified atom stereocenters. The van der Waals surface area contributed by atoms with E-state index in [-0.39, 0.29) is 6.42 Å². The summed E-state index contributed by atoms with van der Waals surface area (Å²) in [5.41, 5.74) is 0.637. The molecule has 5 nitrogen and oxygen atoms in total. The van der Waals surface area contributed by atoms with Crippen molar-refractivity contribution in [2.45, 2.75) is 12.5 Å². The maximum absolute atomic E-state index is 11.2. The Morgan fingerprint density at radius 3 is 2.69 bits per heavy atom. The van der Waals surface area contributed by atoms with Gasteiger partial charge in [-0.05, 0) is 27.6 Å². The first-order valence-electron chi connectivity index (χ1n) is 4.27. The number of carbonyl (C=O) groups is 1. The largest absolute Gasteiger partial charge is 0.324 e. The van der Waals surface area contributed by atoms with Gasteiger partial charge in [0.25, 0.3) is 0 Å². The fourth-order valence-corrected chi connectivity index (χ4v) is 3.26. The zero-order valence-corrected chi connectivity index (χ0v) is 11.0. The van der Waals surface area contributed by atoms with Gasteiger partial charge in [0.15, 0.2) is 0 Å². The minimum Gasteiger partial charge on any atom is -0.274 e. The summed E-state index contributed by atoms with van der Waals surface area (Å²) < 4.78 is 23.6. The average molecular weight is 326 g/mol. The molecule has 0 saturated carbocycles. The number of amides is 1. The van der Waals surface area contributed by atoms with Crippen LogP contribution in [-0.4, -0.2) is 23.6 Å². The Hall–Kier alpha value is -0.660. The number of rotatable bonds is 2. The summed E-state index contributed by atoms with van der Waals surface area (Å²) in [6.45, 7) is 0. The van der Waals surface area contributed by atoms with E-state index in [1.807, 2.05) is 0 Å². The van der Waals surface area contributed by atoms with Gasteiger partial charge in [-0.3, -0.25) is 9.78 Å². The third-order valence-electron chi connectivity index (χ3n) is 2.24. The molecule has 1 aromatic rings. The van der Waals surface area contributed by atoms with E-state index in [0.29, 0.717) is 9.87 Å². The van der Waals surface area contributed by atoms with Crippen LogP contribution in [0, 0.1) is 0 Å². The third kappa shape index (κ3) is 2.07. The maximum atomic E-state index is 11.2. The summed E-state index contributed by atoms with van der Waals surface area (Å²) in [5, 5.41) is 0. The number of aromatic nitrogens is 1. The Labute approximate surface area is 105 Å². The second kappa shape index (κ2) is 3.97. The van der Waals surface area contributed by atoms with Crippen molar-refractivity contribution in [1.29, 1.82) is 0 Å². The predicted molar refractivity (Wildman–Crippen MR) is 60.9 cm³/mol. The van der Waals surface area contributed by atoms with E-state index in [0.717, 1.165) is 4.47 Å². The van der Waals surface area contributed by atoms with Crippen molar-refractivity contribution < 1.29 is 13.2 Å². The number of nitrogens with zero attached hydrogens (tertiary/aromatic N) is 2. The molecular formula is C8H6BrClN2O3S. The van der Waals surface area contributed by atoms with E-state index >= 15 is 0 Å². The standard InChI is InChI=1S/C8H6BrClN2O3S/c9-6-1-5(3-11-4-6)7-2-8(13)12(7)16(10,14)15/h1,3-4,7H,2H2. The highest BCUT2D eigenvalue weighted by Crippen LogP contribution is 2.38. The topological polar surface area (TPSA) is 67.3 Å². The molecule has 0 aromatic carbocycles. The Morgan fingerprint density at radius 2 is 2.19 bits per heavy atom. The molecular weight excluding hydrogens is 320 g/mol. The van der Waals surface area contributed by atoms with Crippen LogP contribution in [0.4, 0.5) is 0 Å².